The van der Waals surface area contributed by atoms with Crippen LogP contribution in [0.2, 0.25) is 0 Å². The minimum absolute atomic E-state index is 0.197. The highest BCUT2D eigenvalue weighted by Gasteiger charge is 2.13. The Hall–Kier alpha value is -2.69. The highest BCUT2D eigenvalue weighted by Crippen LogP contribution is 2.17. The van der Waals surface area contributed by atoms with Crippen molar-refractivity contribution in [3.8, 4) is 0 Å². The molecule has 1 aromatic carbocycles. The molecule has 5 heteroatoms. The summed E-state index contributed by atoms with van der Waals surface area (Å²) in [6.07, 6.45) is 1.62. The summed E-state index contributed by atoms with van der Waals surface area (Å²) in [6.45, 7) is 5.88. The van der Waals surface area contributed by atoms with Gasteiger partial charge >= 0.3 is 0 Å². The van der Waals surface area contributed by atoms with Crippen LogP contribution in [0.4, 0.5) is 5.69 Å². The largest absolute Gasteiger partial charge is 0.320 e. The average Bonchev–Trinajstić information content (AvgIpc) is 2.81. The molecule has 0 atom stereocenters. The fourth-order valence-corrected chi connectivity index (χ4v) is 2.32. The van der Waals surface area contributed by atoms with Gasteiger partial charge in [-0.3, -0.25) is 4.79 Å². The van der Waals surface area contributed by atoms with Crippen LogP contribution < -0.4 is 5.32 Å². The zero-order valence-electron chi connectivity index (χ0n) is 12.2. The van der Waals surface area contributed by atoms with Crippen LogP contribution in [0.5, 0.6) is 0 Å². The molecule has 0 aliphatic rings. The lowest BCUT2D eigenvalue weighted by molar-refractivity contribution is 0.101. The second-order valence-corrected chi connectivity index (χ2v) is 5.16. The molecule has 0 unspecified atom stereocenters. The summed E-state index contributed by atoms with van der Waals surface area (Å²) in [5.74, 6) is -0.197. The molecule has 3 aromatic rings. The Balaban J connectivity index is 1.97. The maximum Gasteiger partial charge on any atom is 0.274 e. The fraction of sp³-hybridized carbons (Fsp3) is 0.188. The predicted molar refractivity (Wildman–Crippen MR) is 81.6 cm³/mol. The zero-order chi connectivity index (χ0) is 15.0. The number of nitrogens with zero attached hydrogens (tertiary/aromatic N) is 3. The summed E-state index contributed by atoms with van der Waals surface area (Å²) in [5, 5.41) is 7.23. The van der Waals surface area contributed by atoms with E-state index < -0.39 is 0 Å². The molecule has 0 saturated heterocycles. The number of anilines is 1. The van der Waals surface area contributed by atoms with Crippen LogP contribution in [0.1, 0.15) is 27.3 Å². The summed E-state index contributed by atoms with van der Waals surface area (Å²) in [6, 6.07) is 9.43. The van der Waals surface area contributed by atoms with Crippen LogP contribution >= 0.6 is 0 Å². The summed E-state index contributed by atoms with van der Waals surface area (Å²) in [5.41, 5.74) is 4.97. The van der Waals surface area contributed by atoms with Gasteiger partial charge in [0.2, 0.25) is 0 Å². The number of fused-ring (bicyclic) bond motifs is 1. The fourth-order valence-electron chi connectivity index (χ4n) is 2.32. The quantitative estimate of drug-likeness (QED) is 0.785. The van der Waals surface area contributed by atoms with E-state index in [1.54, 1.807) is 16.8 Å². The van der Waals surface area contributed by atoms with Gasteiger partial charge < -0.3 is 5.32 Å². The topological polar surface area (TPSA) is 59.3 Å². The molecule has 0 fully saturated rings. The van der Waals surface area contributed by atoms with Crippen molar-refractivity contribution in [2.24, 2.45) is 0 Å². The molecule has 2 aromatic heterocycles. The van der Waals surface area contributed by atoms with Crippen LogP contribution in [0, 0.1) is 20.8 Å². The van der Waals surface area contributed by atoms with E-state index in [0.717, 1.165) is 16.9 Å². The molecule has 0 saturated carbocycles. The van der Waals surface area contributed by atoms with E-state index in [1.165, 1.54) is 5.56 Å². The first-order valence-electron chi connectivity index (χ1n) is 6.74. The number of carbonyl (C=O) groups is 1. The third kappa shape index (κ3) is 2.50. The summed E-state index contributed by atoms with van der Waals surface area (Å²) in [4.78, 5) is 16.7. The Morgan fingerprint density at radius 2 is 1.95 bits per heavy atom. The summed E-state index contributed by atoms with van der Waals surface area (Å²) in [7, 11) is 0. The monoisotopic (exact) mass is 280 g/mol. The van der Waals surface area contributed by atoms with E-state index in [2.05, 4.69) is 15.4 Å². The van der Waals surface area contributed by atoms with Crippen molar-refractivity contribution < 1.29 is 4.79 Å². The van der Waals surface area contributed by atoms with Crippen molar-refractivity contribution in [2.75, 3.05) is 5.32 Å². The van der Waals surface area contributed by atoms with Gasteiger partial charge in [0.25, 0.3) is 5.91 Å². The minimum Gasteiger partial charge on any atom is -0.320 e. The summed E-state index contributed by atoms with van der Waals surface area (Å²) < 4.78 is 1.56. The van der Waals surface area contributed by atoms with Crippen molar-refractivity contribution in [1.82, 2.24) is 14.6 Å². The number of rotatable bonds is 2. The van der Waals surface area contributed by atoms with Crippen molar-refractivity contribution in [3.05, 3.63) is 59.0 Å². The van der Waals surface area contributed by atoms with Gasteiger partial charge in [0, 0.05) is 18.0 Å². The van der Waals surface area contributed by atoms with Gasteiger partial charge in [-0.2, -0.15) is 5.10 Å². The van der Waals surface area contributed by atoms with Crippen LogP contribution in [-0.4, -0.2) is 20.5 Å². The number of amides is 1. The molecule has 0 spiro atoms. The average molecular weight is 280 g/mol. The lowest BCUT2D eigenvalue weighted by Crippen LogP contribution is -2.17. The van der Waals surface area contributed by atoms with E-state index in [9.17, 15) is 4.79 Å². The molecule has 5 nitrogen and oxygen atoms in total. The summed E-state index contributed by atoms with van der Waals surface area (Å²) >= 11 is 0. The Labute approximate surface area is 122 Å². The molecule has 0 aliphatic heterocycles. The molecular formula is C16H16N4O. The number of hydrogen-bond acceptors (Lipinski definition) is 3. The normalized spacial score (nSPS) is 10.8. The Morgan fingerprint density at radius 3 is 2.71 bits per heavy atom. The Morgan fingerprint density at radius 1 is 1.14 bits per heavy atom. The van der Waals surface area contributed by atoms with Gasteiger partial charge in [-0.25, -0.2) is 9.50 Å². The molecule has 2 heterocycles. The number of benzene rings is 1. The molecular weight excluding hydrogens is 264 g/mol. The van der Waals surface area contributed by atoms with Gasteiger partial charge in [0.1, 0.15) is 5.69 Å². The predicted octanol–water partition coefficient (Wildman–Crippen LogP) is 2.91. The Bertz CT molecular complexity index is 835. The second-order valence-electron chi connectivity index (χ2n) is 5.16. The highest BCUT2D eigenvalue weighted by molar-refractivity contribution is 6.03. The van der Waals surface area contributed by atoms with E-state index in [0.29, 0.717) is 11.3 Å². The van der Waals surface area contributed by atoms with Crippen LogP contribution in [-0.2, 0) is 0 Å². The SMILES string of the molecule is Cc1ccc(NC(=O)c2ccnc3cc(C)nn23)c(C)c1. The minimum atomic E-state index is -0.197. The van der Waals surface area contributed by atoms with E-state index in [-0.39, 0.29) is 5.91 Å². The van der Waals surface area contributed by atoms with E-state index in [1.807, 2.05) is 45.0 Å². The maximum atomic E-state index is 12.5. The lowest BCUT2D eigenvalue weighted by Gasteiger charge is -2.09. The van der Waals surface area contributed by atoms with Gasteiger partial charge in [-0.05, 0) is 38.5 Å². The number of aromatic nitrogens is 3. The van der Waals surface area contributed by atoms with Crippen molar-refractivity contribution in [3.63, 3.8) is 0 Å². The number of aryl methyl sites for hydroxylation is 3. The van der Waals surface area contributed by atoms with E-state index >= 15 is 0 Å². The van der Waals surface area contributed by atoms with Gasteiger partial charge in [-0.15, -0.1) is 0 Å². The second kappa shape index (κ2) is 5.01. The van der Waals surface area contributed by atoms with Crippen LogP contribution in [0.3, 0.4) is 0 Å². The van der Waals surface area contributed by atoms with Crippen molar-refractivity contribution in [1.29, 1.82) is 0 Å². The third-order valence-corrected chi connectivity index (χ3v) is 3.34. The highest BCUT2D eigenvalue weighted by atomic mass is 16.2. The standard InChI is InChI=1S/C16H16N4O/c1-10-4-5-13(11(2)8-10)18-16(21)14-6-7-17-15-9-12(3)19-20(14)15/h4-9H,1-3H3,(H,18,21). The van der Waals surface area contributed by atoms with Gasteiger partial charge in [-0.1, -0.05) is 17.7 Å². The first-order valence-corrected chi connectivity index (χ1v) is 6.74. The Kier molecular flexibility index (Phi) is 3.17. The first kappa shape index (κ1) is 13.3. The molecule has 1 amide bonds. The molecule has 106 valence electrons. The zero-order valence-corrected chi connectivity index (χ0v) is 12.2. The molecule has 3 rings (SSSR count). The van der Waals surface area contributed by atoms with Crippen LogP contribution in [0.25, 0.3) is 5.65 Å². The third-order valence-electron chi connectivity index (χ3n) is 3.34. The van der Waals surface area contributed by atoms with E-state index in [4.69, 9.17) is 0 Å². The lowest BCUT2D eigenvalue weighted by atomic mass is 10.1. The first-order chi connectivity index (χ1) is 10.0. The molecule has 1 N–H and O–H groups in total. The molecule has 0 radical (unpaired) electrons. The number of hydrogen-bond donors (Lipinski definition) is 1. The molecule has 0 aliphatic carbocycles. The van der Waals surface area contributed by atoms with Crippen molar-refractivity contribution in [2.45, 2.75) is 20.8 Å². The molecule has 0 bridgehead atoms. The van der Waals surface area contributed by atoms with Gasteiger partial charge in [0.15, 0.2) is 5.65 Å². The number of nitrogens with one attached hydrogen (secondary N) is 1. The smallest absolute Gasteiger partial charge is 0.274 e. The van der Waals surface area contributed by atoms with Gasteiger partial charge in [0.05, 0.1) is 5.69 Å². The molecule has 21 heavy (non-hydrogen) atoms. The number of carbonyl (C=O) groups excluding carboxylic acids is 1. The maximum absolute atomic E-state index is 12.5. The van der Waals surface area contributed by atoms with Crippen LogP contribution in [0.15, 0.2) is 36.5 Å². The van der Waals surface area contributed by atoms with Crippen molar-refractivity contribution >= 4 is 17.2 Å².